The number of rotatable bonds is 5. The van der Waals surface area contributed by atoms with E-state index in [-0.39, 0.29) is 11.5 Å². The highest BCUT2D eigenvalue weighted by atomic mass is 16.3. The van der Waals surface area contributed by atoms with Gasteiger partial charge in [-0.15, -0.1) is 0 Å². The minimum atomic E-state index is -0.258. The second kappa shape index (κ2) is 10.7. The molecule has 144 valence electrons. The van der Waals surface area contributed by atoms with Crippen molar-refractivity contribution in [2.24, 2.45) is 5.41 Å². The van der Waals surface area contributed by atoms with Crippen molar-refractivity contribution in [1.29, 1.82) is 0 Å². The highest BCUT2D eigenvalue weighted by Gasteiger charge is 2.31. The van der Waals surface area contributed by atoms with E-state index in [0.717, 1.165) is 35.8 Å². The van der Waals surface area contributed by atoms with Gasteiger partial charge < -0.3 is 5.11 Å². The van der Waals surface area contributed by atoms with Gasteiger partial charge in [0.05, 0.1) is 6.10 Å². The third kappa shape index (κ3) is 8.24. The Balaban J connectivity index is 2.79. The first-order chi connectivity index (χ1) is 12.7. The van der Waals surface area contributed by atoms with Crippen LogP contribution < -0.4 is 0 Å². The molecule has 0 aromatic heterocycles. The molecule has 0 bridgehead atoms. The van der Waals surface area contributed by atoms with Gasteiger partial charge >= 0.3 is 0 Å². The highest BCUT2D eigenvalue weighted by molar-refractivity contribution is 5.72. The topological polar surface area (TPSA) is 37.3 Å². The molecular formula is C25H32O2. The number of aliphatic hydroxyl groups is 1. The molecule has 0 fully saturated rings. The fraction of sp³-hybridized carbons (Fsp3) is 0.400. The predicted octanol–water partition coefficient (Wildman–Crippen LogP) is 5.64. The van der Waals surface area contributed by atoms with E-state index in [1.165, 1.54) is 5.57 Å². The first kappa shape index (κ1) is 22.7. The number of carbonyl (C=O) groups excluding carboxylic acids is 1. The smallest absolute Gasteiger partial charge is 0.145 e. The van der Waals surface area contributed by atoms with Gasteiger partial charge in [-0.2, -0.15) is 0 Å². The Kier molecular flexibility index (Phi) is 8.98. The van der Waals surface area contributed by atoms with Gasteiger partial charge in [-0.3, -0.25) is 4.79 Å². The first-order valence-corrected chi connectivity index (χ1v) is 9.38. The van der Waals surface area contributed by atoms with Crippen molar-refractivity contribution in [3.05, 3.63) is 70.4 Å². The zero-order chi connectivity index (χ0) is 20.4. The Morgan fingerprint density at radius 3 is 2.30 bits per heavy atom. The quantitative estimate of drug-likeness (QED) is 0.297. The van der Waals surface area contributed by atoms with E-state index < -0.39 is 0 Å². The molecule has 0 radical (unpaired) electrons. The number of aliphatic hydroxyl groups excluding tert-OH is 1. The van der Waals surface area contributed by atoms with Crippen molar-refractivity contribution in [2.75, 3.05) is 0 Å². The normalized spacial score (nSPS) is 21.6. The van der Waals surface area contributed by atoms with Gasteiger partial charge in [0.1, 0.15) is 6.29 Å². The van der Waals surface area contributed by atoms with Crippen molar-refractivity contribution >= 4 is 6.29 Å². The molecule has 2 heteroatoms. The summed E-state index contributed by atoms with van der Waals surface area (Å²) in [6.45, 7) is 12.2. The molecule has 0 heterocycles. The zero-order valence-electron chi connectivity index (χ0n) is 17.5. The van der Waals surface area contributed by atoms with E-state index in [2.05, 4.69) is 32.6 Å². The van der Waals surface area contributed by atoms with Crippen molar-refractivity contribution in [2.45, 2.75) is 60.5 Å². The predicted molar refractivity (Wildman–Crippen MR) is 115 cm³/mol. The highest BCUT2D eigenvalue weighted by Crippen LogP contribution is 2.39. The van der Waals surface area contributed by atoms with Gasteiger partial charge in [-0.25, -0.2) is 0 Å². The Labute approximate surface area is 164 Å². The Morgan fingerprint density at radius 2 is 1.70 bits per heavy atom. The molecule has 1 aliphatic rings. The van der Waals surface area contributed by atoms with Gasteiger partial charge in [-0.1, -0.05) is 79.4 Å². The fourth-order valence-electron chi connectivity index (χ4n) is 3.13. The number of aldehydes is 1. The van der Waals surface area contributed by atoms with E-state index >= 15 is 0 Å². The maximum atomic E-state index is 10.5. The lowest BCUT2D eigenvalue weighted by atomic mass is 9.72. The summed E-state index contributed by atoms with van der Waals surface area (Å²) in [5.74, 6) is 6.58. The number of carbonyl (C=O) groups is 1. The molecule has 1 atom stereocenters. The maximum absolute atomic E-state index is 10.5. The standard InChI is InChI=1S/C25H32O2/c1-19(10-7-8-11-21(3)18-26)12-9-13-20(2)14-15-24-22(4)16-23(27)17-25(24,5)6/h7-13,18,23,27H,16-17H2,1-6H3. The van der Waals surface area contributed by atoms with Crippen LogP contribution in [0, 0.1) is 17.3 Å². The summed E-state index contributed by atoms with van der Waals surface area (Å²) < 4.78 is 0. The van der Waals surface area contributed by atoms with E-state index in [1.807, 2.05) is 50.3 Å². The summed E-state index contributed by atoms with van der Waals surface area (Å²) in [4.78, 5) is 10.5. The van der Waals surface area contributed by atoms with Gasteiger partial charge in [-0.05, 0) is 51.7 Å². The van der Waals surface area contributed by atoms with Crippen molar-refractivity contribution < 1.29 is 9.90 Å². The molecule has 0 spiro atoms. The Hall–Kier alpha value is -2.37. The van der Waals surface area contributed by atoms with E-state index in [9.17, 15) is 9.90 Å². The van der Waals surface area contributed by atoms with Crippen LogP contribution in [-0.4, -0.2) is 17.5 Å². The molecule has 0 saturated carbocycles. The van der Waals surface area contributed by atoms with E-state index in [0.29, 0.717) is 5.57 Å². The molecule has 1 N–H and O–H groups in total. The van der Waals surface area contributed by atoms with Crippen LogP contribution in [-0.2, 0) is 4.79 Å². The van der Waals surface area contributed by atoms with Crippen LogP contribution in [0.5, 0.6) is 0 Å². The summed E-state index contributed by atoms with van der Waals surface area (Å²) in [5, 5.41) is 9.96. The minimum Gasteiger partial charge on any atom is -0.393 e. The molecule has 0 aromatic rings. The average Bonchev–Trinajstić information content (AvgIpc) is 2.56. The minimum absolute atomic E-state index is 0.0762. The summed E-state index contributed by atoms with van der Waals surface area (Å²) in [6, 6.07) is 0. The second-order valence-corrected chi connectivity index (χ2v) is 7.88. The molecule has 2 nitrogen and oxygen atoms in total. The third-order valence-electron chi connectivity index (χ3n) is 4.50. The van der Waals surface area contributed by atoms with Crippen LogP contribution in [0.15, 0.2) is 70.4 Å². The number of hydrogen-bond acceptors (Lipinski definition) is 2. The molecule has 0 aliphatic heterocycles. The molecule has 1 rings (SSSR count). The van der Waals surface area contributed by atoms with Crippen LogP contribution in [0.4, 0.5) is 0 Å². The van der Waals surface area contributed by atoms with Crippen molar-refractivity contribution in [3.63, 3.8) is 0 Å². The first-order valence-electron chi connectivity index (χ1n) is 9.38. The summed E-state index contributed by atoms with van der Waals surface area (Å²) in [6.07, 6.45) is 15.6. The molecule has 0 amide bonds. The summed E-state index contributed by atoms with van der Waals surface area (Å²) in [5.41, 5.74) is 5.09. The lowest BCUT2D eigenvalue weighted by Crippen LogP contribution is -2.28. The lowest BCUT2D eigenvalue weighted by Gasteiger charge is -2.34. The molecule has 1 aliphatic carbocycles. The molecule has 1 unspecified atom stereocenters. The molecule has 27 heavy (non-hydrogen) atoms. The van der Waals surface area contributed by atoms with Gasteiger partial charge in [0.2, 0.25) is 0 Å². The van der Waals surface area contributed by atoms with Crippen LogP contribution in [0.3, 0.4) is 0 Å². The van der Waals surface area contributed by atoms with Crippen LogP contribution in [0.2, 0.25) is 0 Å². The fourth-order valence-corrected chi connectivity index (χ4v) is 3.13. The second-order valence-electron chi connectivity index (χ2n) is 7.88. The Morgan fingerprint density at radius 1 is 1.07 bits per heavy atom. The van der Waals surface area contributed by atoms with Gasteiger partial charge in [0.15, 0.2) is 0 Å². The average molecular weight is 365 g/mol. The maximum Gasteiger partial charge on any atom is 0.145 e. The van der Waals surface area contributed by atoms with E-state index in [4.69, 9.17) is 0 Å². The molecule has 0 aromatic carbocycles. The lowest BCUT2D eigenvalue weighted by molar-refractivity contribution is -0.104. The van der Waals surface area contributed by atoms with Crippen LogP contribution in [0.25, 0.3) is 0 Å². The van der Waals surface area contributed by atoms with Gasteiger partial charge in [0, 0.05) is 11.0 Å². The van der Waals surface area contributed by atoms with Crippen LogP contribution in [0.1, 0.15) is 54.4 Å². The third-order valence-corrected chi connectivity index (χ3v) is 4.50. The molecule has 0 saturated heterocycles. The SMILES string of the molecule is CC(C#CC1=C(C)CC(O)CC1(C)C)=CC=CC(C)=CC=CC=C(C)C=O. The Bertz CT molecular complexity index is 784. The summed E-state index contributed by atoms with van der Waals surface area (Å²) >= 11 is 0. The zero-order valence-corrected chi connectivity index (χ0v) is 17.5. The van der Waals surface area contributed by atoms with Crippen molar-refractivity contribution in [1.82, 2.24) is 0 Å². The number of allylic oxidation sites excluding steroid dienone is 11. The molecular weight excluding hydrogens is 332 g/mol. The monoisotopic (exact) mass is 364 g/mol. The van der Waals surface area contributed by atoms with E-state index in [1.54, 1.807) is 13.0 Å². The van der Waals surface area contributed by atoms with Crippen LogP contribution >= 0.6 is 0 Å². The van der Waals surface area contributed by atoms with Gasteiger partial charge in [0.25, 0.3) is 0 Å². The largest absolute Gasteiger partial charge is 0.393 e. The number of hydrogen-bond donors (Lipinski definition) is 1. The summed E-state index contributed by atoms with van der Waals surface area (Å²) in [7, 11) is 0. The van der Waals surface area contributed by atoms with Crippen molar-refractivity contribution in [3.8, 4) is 11.8 Å².